The van der Waals surface area contributed by atoms with Gasteiger partial charge in [-0.25, -0.2) is 9.37 Å². The summed E-state index contributed by atoms with van der Waals surface area (Å²) in [6, 6.07) is 18.5. The molecule has 4 nitrogen and oxygen atoms in total. The van der Waals surface area contributed by atoms with Gasteiger partial charge in [0.25, 0.3) is 5.91 Å². The number of ether oxygens (including phenoxy) is 1. The number of benzene rings is 2. The van der Waals surface area contributed by atoms with Gasteiger partial charge in [0.2, 0.25) is 0 Å². The molecule has 0 unspecified atom stereocenters. The molecule has 0 radical (unpaired) electrons. The third-order valence-corrected chi connectivity index (χ3v) is 6.75. The van der Waals surface area contributed by atoms with Crippen LogP contribution >= 0.6 is 11.3 Å². The number of rotatable bonds is 6. The highest BCUT2D eigenvalue weighted by Crippen LogP contribution is 2.34. The van der Waals surface area contributed by atoms with E-state index in [0.717, 1.165) is 50.6 Å². The van der Waals surface area contributed by atoms with E-state index in [0.29, 0.717) is 12.1 Å². The van der Waals surface area contributed by atoms with E-state index in [2.05, 4.69) is 0 Å². The molecule has 1 amide bonds. The smallest absolute Gasteiger partial charge is 0.264 e. The summed E-state index contributed by atoms with van der Waals surface area (Å²) >= 11 is 1.53. The van der Waals surface area contributed by atoms with E-state index in [1.165, 1.54) is 23.5 Å². The molecule has 2 aromatic heterocycles. The number of hydrogen-bond acceptors (Lipinski definition) is 4. The van der Waals surface area contributed by atoms with Gasteiger partial charge in [-0.05, 0) is 79.9 Å². The summed E-state index contributed by atoms with van der Waals surface area (Å²) in [5.41, 5.74) is 3.20. The lowest BCUT2D eigenvalue weighted by atomic mass is 10.0. The molecule has 32 heavy (non-hydrogen) atoms. The van der Waals surface area contributed by atoms with Gasteiger partial charge >= 0.3 is 0 Å². The van der Waals surface area contributed by atoms with E-state index in [4.69, 9.17) is 9.72 Å². The molecule has 1 aliphatic rings. The molecule has 6 heteroatoms. The van der Waals surface area contributed by atoms with Crippen LogP contribution in [-0.2, 0) is 6.54 Å². The quantitative estimate of drug-likeness (QED) is 0.353. The van der Waals surface area contributed by atoms with Crippen molar-refractivity contribution in [1.82, 2.24) is 9.88 Å². The van der Waals surface area contributed by atoms with Crippen LogP contribution in [0.5, 0.6) is 5.75 Å². The fraction of sp³-hybridized carbons (Fsp3) is 0.231. The molecule has 4 aromatic rings. The van der Waals surface area contributed by atoms with Crippen LogP contribution in [0, 0.1) is 12.7 Å². The second kappa shape index (κ2) is 8.36. The SMILES string of the molecule is COc1ccc(-c2nc3cc(F)ccc3cc2CN(C(=O)c2ccc(C)s2)C2CC2)cc1. The average molecular weight is 447 g/mol. The fourth-order valence-corrected chi connectivity index (χ4v) is 4.75. The predicted octanol–water partition coefficient (Wildman–Crippen LogP) is 6.22. The summed E-state index contributed by atoms with van der Waals surface area (Å²) in [7, 11) is 1.63. The van der Waals surface area contributed by atoms with Crippen LogP contribution < -0.4 is 4.74 Å². The van der Waals surface area contributed by atoms with Crippen LogP contribution in [0.4, 0.5) is 4.39 Å². The molecule has 1 fully saturated rings. The summed E-state index contributed by atoms with van der Waals surface area (Å²) in [6.45, 7) is 2.47. The highest BCUT2D eigenvalue weighted by Gasteiger charge is 2.34. The first-order chi connectivity index (χ1) is 15.5. The lowest BCUT2D eigenvalue weighted by Gasteiger charge is -2.23. The van der Waals surface area contributed by atoms with Crippen molar-refractivity contribution in [2.75, 3.05) is 7.11 Å². The molecule has 0 atom stereocenters. The molecule has 1 saturated carbocycles. The Labute approximate surface area is 190 Å². The Morgan fingerprint density at radius 2 is 1.91 bits per heavy atom. The first-order valence-electron chi connectivity index (χ1n) is 10.6. The zero-order chi connectivity index (χ0) is 22.2. The summed E-state index contributed by atoms with van der Waals surface area (Å²) in [6.07, 6.45) is 2.03. The number of aromatic nitrogens is 1. The number of nitrogens with zero attached hydrogens (tertiary/aromatic N) is 2. The molecule has 0 N–H and O–H groups in total. The Hall–Kier alpha value is -3.25. The second-order valence-electron chi connectivity index (χ2n) is 8.14. The number of fused-ring (bicyclic) bond motifs is 1. The maximum Gasteiger partial charge on any atom is 0.264 e. The minimum atomic E-state index is -0.318. The zero-order valence-electron chi connectivity index (χ0n) is 18.0. The zero-order valence-corrected chi connectivity index (χ0v) is 18.8. The molecule has 2 heterocycles. The Morgan fingerprint density at radius 3 is 2.56 bits per heavy atom. The minimum absolute atomic E-state index is 0.0606. The van der Waals surface area contributed by atoms with Crippen molar-refractivity contribution in [3.05, 3.63) is 81.8 Å². The summed E-state index contributed by atoms with van der Waals surface area (Å²) in [5.74, 6) is 0.497. The number of carbonyl (C=O) groups excluding carboxylic acids is 1. The van der Waals surface area contributed by atoms with Crippen LogP contribution in [0.3, 0.4) is 0 Å². The first-order valence-corrected chi connectivity index (χ1v) is 11.4. The molecule has 5 rings (SSSR count). The average Bonchev–Trinajstić information content (AvgIpc) is 3.56. The van der Waals surface area contributed by atoms with E-state index >= 15 is 0 Å². The van der Waals surface area contributed by atoms with E-state index in [-0.39, 0.29) is 17.8 Å². The molecule has 0 saturated heterocycles. The Kier molecular flexibility index (Phi) is 5.39. The Morgan fingerprint density at radius 1 is 1.12 bits per heavy atom. The van der Waals surface area contributed by atoms with Crippen LogP contribution in [0.25, 0.3) is 22.2 Å². The third-order valence-electron chi connectivity index (χ3n) is 5.76. The highest BCUT2D eigenvalue weighted by atomic mass is 32.1. The van der Waals surface area contributed by atoms with E-state index in [1.807, 2.05) is 54.3 Å². The lowest BCUT2D eigenvalue weighted by Crippen LogP contribution is -2.32. The topological polar surface area (TPSA) is 42.4 Å². The normalized spacial score (nSPS) is 13.3. The van der Waals surface area contributed by atoms with Gasteiger partial charge in [-0.15, -0.1) is 11.3 Å². The van der Waals surface area contributed by atoms with Crippen molar-refractivity contribution in [3.8, 4) is 17.0 Å². The third kappa shape index (κ3) is 4.10. The summed E-state index contributed by atoms with van der Waals surface area (Å²) < 4.78 is 19.2. The molecule has 2 aromatic carbocycles. The predicted molar refractivity (Wildman–Crippen MR) is 126 cm³/mol. The van der Waals surface area contributed by atoms with E-state index in [1.54, 1.807) is 13.2 Å². The van der Waals surface area contributed by atoms with E-state index in [9.17, 15) is 9.18 Å². The largest absolute Gasteiger partial charge is 0.497 e. The maximum atomic E-state index is 13.9. The molecule has 0 bridgehead atoms. The van der Waals surface area contributed by atoms with Crippen LogP contribution in [0.2, 0.25) is 0 Å². The van der Waals surface area contributed by atoms with Crippen molar-refractivity contribution < 1.29 is 13.9 Å². The van der Waals surface area contributed by atoms with Gasteiger partial charge in [0.15, 0.2) is 0 Å². The number of hydrogen-bond donors (Lipinski definition) is 0. The number of aryl methyl sites for hydroxylation is 1. The van der Waals surface area contributed by atoms with Crippen LogP contribution in [-0.4, -0.2) is 28.9 Å². The minimum Gasteiger partial charge on any atom is -0.497 e. The maximum absolute atomic E-state index is 13.9. The van der Waals surface area contributed by atoms with Gasteiger partial charge in [-0.3, -0.25) is 4.79 Å². The Bertz CT molecular complexity index is 1300. The molecular formula is C26H23FN2O2S. The van der Waals surface area contributed by atoms with Gasteiger partial charge in [-0.2, -0.15) is 0 Å². The number of carbonyl (C=O) groups is 1. The number of methoxy groups -OCH3 is 1. The molecule has 0 spiro atoms. The van der Waals surface area contributed by atoms with Gasteiger partial charge in [0.1, 0.15) is 11.6 Å². The first kappa shape index (κ1) is 20.6. The number of halogens is 1. The monoisotopic (exact) mass is 446 g/mol. The fourth-order valence-electron chi connectivity index (χ4n) is 3.93. The Balaban J connectivity index is 1.59. The second-order valence-corrected chi connectivity index (χ2v) is 9.42. The molecule has 0 aliphatic heterocycles. The molecular weight excluding hydrogens is 423 g/mol. The summed E-state index contributed by atoms with van der Waals surface area (Å²) in [5, 5.41) is 0.855. The van der Waals surface area contributed by atoms with Gasteiger partial charge in [-0.1, -0.05) is 0 Å². The lowest BCUT2D eigenvalue weighted by molar-refractivity contribution is 0.0735. The van der Waals surface area contributed by atoms with Crippen molar-refractivity contribution in [3.63, 3.8) is 0 Å². The van der Waals surface area contributed by atoms with Crippen molar-refractivity contribution in [2.45, 2.75) is 32.4 Å². The number of thiophene rings is 1. The molecule has 1 aliphatic carbocycles. The number of amides is 1. The van der Waals surface area contributed by atoms with Gasteiger partial charge in [0.05, 0.1) is 23.2 Å². The van der Waals surface area contributed by atoms with E-state index < -0.39 is 0 Å². The summed E-state index contributed by atoms with van der Waals surface area (Å²) in [4.78, 5) is 22.0. The van der Waals surface area contributed by atoms with Crippen molar-refractivity contribution in [1.29, 1.82) is 0 Å². The van der Waals surface area contributed by atoms with Crippen molar-refractivity contribution in [2.24, 2.45) is 0 Å². The van der Waals surface area contributed by atoms with Gasteiger partial charge in [0, 0.05) is 34.5 Å². The molecule has 162 valence electrons. The standard InChI is InChI=1S/C26H23FN2O2S/c1-16-3-12-24(32-16)26(30)29(21-8-9-21)15-19-13-18-4-7-20(27)14-23(18)28-25(19)17-5-10-22(31-2)11-6-17/h3-7,10-14,21H,8-9,15H2,1-2H3. The van der Waals surface area contributed by atoms with Gasteiger partial charge < -0.3 is 9.64 Å². The van der Waals surface area contributed by atoms with Crippen molar-refractivity contribution >= 4 is 28.1 Å². The van der Waals surface area contributed by atoms with Crippen LogP contribution in [0.1, 0.15) is 33.0 Å². The number of pyridine rings is 1. The van der Waals surface area contributed by atoms with Crippen LogP contribution in [0.15, 0.2) is 60.7 Å². The highest BCUT2D eigenvalue weighted by molar-refractivity contribution is 7.13.